The highest BCUT2D eigenvalue weighted by molar-refractivity contribution is 6.13. The largest absolute Gasteiger partial charge is 0.416 e. The van der Waals surface area contributed by atoms with Crippen LogP contribution in [0.2, 0.25) is 0 Å². The zero-order chi connectivity index (χ0) is 46.5. The minimum Gasteiger partial charge on any atom is -0.308 e. The van der Waals surface area contributed by atoms with E-state index in [2.05, 4.69) is 141 Å². The van der Waals surface area contributed by atoms with Gasteiger partial charge in [0, 0.05) is 38.6 Å². The second-order valence-electron chi connectivity index (χ2n) is 17.4. The number of halogens is 3. The molecule has 68 heavy (non-hydrogen) atoms. The molecule has 0 aliphatic rings. The molecular formula is C61H43F3N4. The van der Waals surface area contributed by atoms with Crippen LogP contribution in [0.5, 0.6) is 0 Å². The third-order valence-corrected chi connectivity index (χ3v) is 12.6. The summed E-state index contributed by atoms with van der Waals surface area (Å²) in [5.41, 5.74) is 15.2. The van der Waals surface area contributed by atoms with Crippen LogP contribution < -0.4 is 0 Å². The van der Waals surface area contributed by atoms with E-state index in [9.17, 15) is 13.2 Å². The minimum atomic E-state index is -4.51. The maximum Gasteiger partial charge on any atom is 0.416 e. The molecule has 0 fully saturated rings. The number of rotatable bonds is 8. The molecule has 0 atom stereocenters. The van der Waals surface area contributed by atoms with E-state index in [4.69, 9.17) is 15.0 Å². The van der Waals surface area contributed by atoms with Gasteiger partial charge in [-0.1, -0.05) is 174 Å². The highest BCUT2D eigenvalue weighted by atomic mass is 19.4. The van der Waals surface area contributed by atoms with Gasteiger partial charge in [0.1, 0.15) is 0 Å². The van der Waals surface area contributed by atoms with Crippen molar-refractivity contribution < 1.29 is 13.2 Å². The van der Waals surface area contributed by atoms with Crippen LogP contribution in [-0.4, -0.2) is 19.5 Å². The summed E-state index contributed by atoms with van der Waals surface area (Å²) in [6.45, 7) is 6.26. The lowest BCUT2D eigenvalue weighted by molar-refractivity contribution is -0.137. The first kappa shape index (κ1) is 42.2. The van der Waals surface area contributed by atoms with Gasteiger partial charge in [-0.15, -0.1) is 0 Å². The number of hydrogen-bond acceptors (Lipinski definition) is 3. The van der Waals surface area contributed by atoms with Crippen molar-refractivity contribution in [1.29, 1.82) is 0 Å². The molecule has 0 spiro atoms. The Balaban J connectivity index is 1.26. The Hall–Kier alpha value is -8.42. The molecule has 0 unspecified atom stereocenters. The molecule has 7 heteroatoms. The van der Waals surface area contributed by atoms with Crippen molar-refractivity contribution in [3.8, 4) is 84.4 Å². The SMILES string of the molecule is Cc1ccc(-c2cc(-c3nc(-c4ccccc4)nc(-c4ccccc4)n3)cc(-c3ccc(C(F)(F)F)cc3)c2-n2c3ccc(-c4cccc(C)c4)cc3c3cc(-c4cccc(C)c4)ccc32)cc1. The smallest absolute Gasteiger partial charge is 0.308 e. The zero-order valence-electron chi connectivity index (χ0n) is 37.6. The minimum absolute atomic E-state index is 0.429. The fourth-order valence-electron chi connectivity index (χ4n) is 9.23. The first-order chi connectivity index (χ1) is 33.0. The number of alkyl halides is 3. The van der Waals surface area contributed by atoms with E-state index in [0.29, 0.717) is 34.2 Å². The van der Waals surface area contributed by atoms with Gasteiger partial charge >= 0.3 is 6.18 Å². The van der Waals surface area contributed by atoms with Crippen molar-refractivity contribution in [1.82, 2.24) is 19.5 Å². The lowest BCUT2D eigenvalue weighted by Crippen LogP contribution is -2.05. The van der Waals surface area contributed by atoms with Crippen molar-refractivity contribution in [2.45, 2.75) is 26.9 Å². The maximum absolute atomic E-state index is 14.3. The van der Waals surface area contributed by atoms with Crippen LogP contribution in [0.1, 0.15) is 22.3 Å². The fraction of sp³-hybridized carbons (Fsp3) is 0.0656. The molecule has 0 N–H and O–H groups in total. The Labute approximate surface area is 392 Å². The third kappa shape index (κ3) is 8.02. The van der Waals surface area contributed by atoms with Gasteiger partial charge in [-0.2, -0.15) is 13.2 Å². The van der Waals surface area contributed by atoms with Crippen LogP contribution in [0.25, 0.3) is 106 Å². The summed E-state index contributed by atoms with van der Waals surface area (Å²) in [4.78, 5) is 15.2. The Bertz CT molecular complexity index is 3510. The van der Waals surface area contributed by atoms with Gasteiger partial charge in [-0.3, -0.25) is 0 Å². The van der Waals surface area contributed by atoms with Gasteiger partial charge in [0.25, 0.3) is 0 Å². The first-order valence-corrected chi connectivity index (χ1v) is 22.6. The topological polar surface area (TPSA) is 43.6 Å². The highest BCUT2D eigenvalue weighted by Gasteiger charge is 2.31. The quantitative estimate of drug-likeness (QED) is 0.153. The summed E-state index contributed by atoms with van der Waals surface area (Å²) >= 11 is 0. The second-order valence-corrected chi connectivity index (χ2v) is 17.4. The maximum atomic E-state index is 14.3. The predicted molar refractivity (Wildman–Crippen MR) is 271 cm³/mol. The van der Waals surface area contributed by atoms with E-state index in [-0.39, 0.29) is 0 Å². The molecule has 0 saturated heterocycles. The highest BCUT2D eigenvalue weighted by Crippen LogP contribution is 2.46. The van der Waals surface area contributed by atoms with Crippen molar-refractivity contribution >= 4 is 21.8 Å². The zero-order valence-corrected chi connectivity index (χ0v) is 37.6. The van der Waals surface area contributed by atoms with Crippen LogP contribution in [0.15, 0.2) is 206 Å². The molecule has 11 rings (SSSR count). The summed E-state index contributed by atoms with van der Waals surface area (Å²) in [5, 5.41) is 2.09. The fourth-order valence-corrected chi connectivity index (χ4v) is 9.23. The summed E-state index contributed by atoms with van der Waals surface area (Å²) in [5.74, 6) is 1.43. The molecule has 2 heterocycles. The molecule has 0 aliphatic heterocycles. The van der Waals surface area contributed by atoms with Gasteiger partial charge in [-0.05, 0) is 103 Å². The van der Waals surface area contributed by atoms with Crippen molar-refractivity contribution in [3.05, 3.63) is 229 Å². The van der Waals surface area contributed by atoms with Crippen LogP contribution in [0, 0.1) is 20.8 Å². The Morgan fingerprint density at radius 3 is 1.18 bits per heavy atom. The standard InChI is InChI=1S/C61H43F3N4/c1-38-20-22-41(23-21-38)51-36-49(60-66-58(43-14-6-4-7-15-43)65-59(67-60)44-16-8-5-9-17-44)37-52(42-24-28-50(29-25-42)61(62,63)64)57(51)68-55-30-26-47(45-18-10-12-39(2)32-45)34-53(55)54-35-48(27-31-56(54)68)46-19-11-13-40(3)33-46/h4-37H,1-3H3. The average molecular weight is 889 g/mol. The normalized spacial score (nSPS) is 11.7. The van der Waals surface area contributed by atoms with Gasteiger partial charge in [0.05, 0.1) is 22.3 Å². The first-order valence-electron chi connectivity index (χ1n) is 22.6. The van der Waals surface area contributed by atoms with Crippen LogP contribution in [0.4, 0.5) is 13.2 Å². The Morgan fingerprint density at radius 2 is 0.735 bits per heavy atom. The molecule has 0 amide bonds. The number of nitrogens with zero attached hydrogens (tertiary/aromatic N) is 4. The van der Waals surface area contributed by atoms with Crippen LogP contribution in [-0.2, 0) is 6.18 Å². The number of aromatic nitrogens is 4. The van der Waals surface area contributed by atoms with E-state index in [0.717, 1.165) is 89.7 Å². The molecule has 4 nitrogen and oxygen atoms in total. The molecule has 0 bridgehead atoms. The molecule has 0 radical (unpaired) electrons. The molecule has 2 aromatic heterocycles. The van der Waals surface area contributed by atoms with Crippen molar-refractivity contribution in [2.24, 2.45) is 0 Å². The van der Waals surface area contributed by atoms with Crippen LogP contribution in [0.3, 0.4) is 0 Å². The van der Waals surface area contributed by atoms with Crippen molar-refractivity contribution in [3.63, 3.8) is 0 Å². The molecule has 0 aliphatic carbocycles. The van der Waals surface area contributed by atoms with E-state index in [1.807, 2.05) is 66.7 Å². The van der Waals surface area contributed by atoms with Crippen LogP contribution >= 0.6 is 0 Å². The Kier molecular flexibility index (Phi) is 10.6. The van der Waals surface area contributed by atoms with E-state index >= 15 is 0 Å². The lowest BCUT2D eigenvalue weighted by atomic mass is 9.91. The molecule has 328 valence electrons. The molecular weight excluding hydrogens is 846 g/mol. The van der Waals surface area contributed by atoms with E-state index in [1.165, 1.54) is 11.1 Å². The summed E-state index contributed by atoms with van der Waals surface area (Å²) in [7, 11) is 0. The predicted octanol–water partition coefficient (Wildman–Crippen LogP) is 16.6. The van der Waals surface area contributed by atoms with Gasteiger partial charge in [0.15, 0.2) is 17.5 Å². The Morgan fingerprint density at radius 1 is 0.338 bits per heavy atom. The second kappa shape index (κ2) is 17.1. The van der Waals surface area contributed by atoms with E-state index in [1.54, 1.807) is 12.1 Å². The number of aryl methyl sites for hydroxylation is 3. The third-order valence-electron chi connectivity index (χ3n) is 12.6. The number of fused-ring (bicyclic) bond motifs is 3. The average Bonchev–Trinajstić information content (AvgIpc) is 3.69. The number of hydrogen-bond donors (Lipinski definition) is 0. The van der Waals surface area contributed by atoms with Gasteiger partial charge in [-0.25, -0.2) is 15.0 Å². The monoisotopic (exact) mass is 888 g/mol. The molecule has 11 aromatic rings. The summed E-state index contributed by atoms with van der Waals surface area (Å²) < 4.78 is 45.1. The summed E-state index contributed by atoms with van der Waals surface area (Å²) in [6.07, 6.45) is -4.51. The number of benzene rings is 9. The van der Waals surface area contributed by atoms with Gasteiger partial charge in [0.2, 0.25) is 0 Å². The van der Waals surface area contributed by atoms with Gasteiger partial charge < -0.3 is 4.57 Å². The lowest BCUT2D eigenvalue weighted by Gasteiger charge is -2.21. The summed E-state index contributed by atoms with van der Waals surface area (Å²) in [6, 6.07) is 67.8. The van der Waals surface area contributed by atoms with Crippen molar-refractivity contribution in [2.75, 3.05) is 0 Å². The van der Waals surface area contributed by atoms with E-state index < -0.39 is 11.7 Å². The molecule has 9 aromatic carbocycles. The molecule has 0 saturated carbocycles.